The molecule has 3 fully saturated rings. The minimum atomic E-state index is 0. The van der Waals surface area contributed by atoms with E-state index in [1.54, 1.807) is 0 Å². The fourth-order valence-corrected chi connectivity index (χ4v) is 5.14. The van der Waals surface area contributed by atoms with Crippen molar-refractivity contribution in [3.63, 3.8) is 0 Å². The van der Waals surface area contributed by atoms with Crippen LogP contribution in [0.5, 0.6) is 0 Å². The highest BCUT2D eigenvalue weighted by Gasteiger charge is 2.45. The quantitative estimate of drug-likeness (QED) is 0.807. The van der Waals surface area contributed by atoms with Gasteiger partial charge in [0.05, 0.1) is 11.7 Å². The van der Waals surface area contributed by atoms with Gasteiger partial charge in [-0.05, 0) is 57.9 Å². The molecule has 7 heteroatoms. The minimum absolute atomic E-state index is 0. The first kappa shape index (κ1) is 18.9. The maximum absolute atomic E-state index is 12.8. The largest absolute Gasteiger partial charge is 0.341 e. The number of piperidine rings is 2. The number of hydrogen-bond acceptors (Lipinski definition) is 4. The predicted molar refractivity (Wildman–Crippen MR) is 106 cm³/mol. The Labute approximate surface area is 165 Å². The molecule has 0 bridgehead atoms. The Morgan fingerprint density at radius 3 is 2.56 bits per heavy atom. The minimum Gasteiger partial charge on any atom is -0.341 e. The van der Waals surface area contributed by atoms with Crippen LogP contribution in [0.3, 0.4) is 0 Å². The third-order valence-electron chi connectivity index (χ3n) is 6.99. The Bertz CT molecular complexity index is 775. The van der Waals surface area contributed by atoms with Gasteiger partial charge in [-0.1, -0.05) is 6.42 Å². The third kappa shape index (κ3) is 3.31. The van der Waals surface area contributed by atoms with Crippen molar-refractivity contribution in [1.82, 2.24) is 20.2 Å². The summed E-state index contributed by atoms with van der Waals surface area (Å²) in [6.07, 6.45) is 9.30. The van der Waals surface area contributed by atoms with Crippen LogP contribution < -0.4 is 10.9 Å². The van der Waals surface area contributed by atoms with Crippen LogP contribution in [0.15, 0.2) is 4.79 Å². The lowest BCUT2D eigenvalue weighted by Crippen LogP contribution is -2.52. The molecule has 0 aromatic carbocycles. The van der Waals surface area contributed by atoms with E-state index in [1.807, 2.05) is 4.90 Å². The van der Waals surface area contributed by atoms with Gasteiger partial charge >= 0.3 is 0 Å². The molecule has 2 saturated heterocycles. The summed E-state index contributed by atoms with van der Waals surface area (Å²) in [5.41, 5.74) is 2.07. The summed E-state index contributed by atoms with van der Waals surface area (Å²) in [6.45, 7) is 2.55. The normalized spacial score (nSPS) is 26.5. The fraction of sp³-hybridized carbons (Fsp3) is 0.750. The lowest BCUT2D eigenvalue weighted by atomic mass is 9.76. The van der Waals surface area contributed by atoms with Crippen molar-refractivity contribution < 1.29 is 4.79 Å². The number of carbonyl (C=O) groups excluding carboxylic acids is 1. The molecule has 1 saturated carbocycles. The molecule has 1 aromatic heterocycles. The van der Waals surface area contributed by atoms with Crippen molar-refractivity contribution in [1.29, 1.82) is 0 Å². The summed E-state index contributed by atoms with van der Waals surface area (Å²) in [5.74, 6) is 1.64. The molecular weight excluding hydrogens is 364 g/mol. The second-order valence-electron chi connectivity index (χ2n) is 8.66. The molecule has 5 rings (SSSR count). The van der Waals surface area contributed by atoms with Gasteiger partial charge in [-0.15, -0.1) is 12.4 Å². The van der Waals surface area contributed by atoms with Gasteiger partial charge in [0.1, 0.15) is 5.82 Å². The molecule has 1 amide bonds. The van der Waals surface area contributed by atoms with Gasteiger partial charge in [-0.3, -0.25) is 9.59 Å². The predicted octanol–water partition coefficient (Wildman–Crippen LogP) is 2.02. The number of H-pyrrole nitrogens is 1. The Balaban J connectivity index is 0.00000180. The Kier molecular flexibility index (Phi) is 5.06. The van der Waals surface area contributed by atoms with Gasteiger partial charge in [0.2, 0.25) is 5.91 Å². The highest BCUT2D eigenvalue weighted by molar-refractivity contribution is 5.85. The van der Waals surface area contributed by atoms with E-state index in [0.29, 0.717) is 5.92 Å². The van der Waals surface area contributed by atoms with Crippen molar-refractivity contribution >= 4 is 18.3 Å². The maximum atomic E-state index is 12.8. The Morgan fingerprint density at radius 1 is 1.11 bits per heavy atom. The van der Waals surface area contributed by atoms with Gasteiger partial charge in [-0.25, -0.2) is 4.98 Å². The summed E-state index contributed by atoms with van der Waals surface area (Å²) in [7, 11) is 0. The molecule has 1 unspecified atom stereocenters. The van der Waals surface area contributed by atoms with Crippen LogP contribution in [0, 0.1) is 0 Å². The summed E-state index contributed by atoms with van der Waals surface area (Å²) in [4.78, 5) is 35.3. The molecule has 2 N–H and O–H groups in total. The van der Waals surface area contributed by atoms with Crippen molar-refractivity contribution in [3.05, 3.63) is 27.4 Å². The van der Waals surface area contributed by atoms with E-state index >= 15 is 0 Å². The summed E-state index contributed by atoms with van der Waals surface area (Å²) in [6, 6.07) is 0.0103. The van der Waals surface area contributed by atoms with Crippen LogP contribution in [0.25, 0.3) is 0 Å². The second-order valence-corrected chi connectivity index (χ2v) is 8.66. The second kappa shape index (κ2) is 7.21. The number of halogens is 1. The van der Waals surface area contributed by atoms with Gasteiger partial charge in [0, 0.05) is 30.0 Å². The SMILES string of the molecule is Cl.O=C(C1CCCCN1)N1CCC2(CCc3c2nc(C2CC2)[nH]c3=O)CC1. The van der Waals surface area contributed by atoms with Crippen molar-refractivity contribution in [3.8, 4) is 0 Å². The van der Waals surface area contributed by atoms with E-state index in [0.717, 1.165) is 88.1 Å². The first-order valence-electron chi connectivity index (χ1n) is 10.3. The molecule has 2 aliphatic heterocycles. The monoisotopic (exact) mass is 392 g/mol. The van der Waals surface area contributed by atoms with Gasteiger partial charge in [0.25, 0.3) is 5.56 Å². The third-order valence-corrected chi connectivity index (χ3v) is 6.99. The van der Waals surface area contributed by atoms with Crippen LogP contribution in [0.1, 0.15) is 74.4 Å². The first-order valence-corrected chi connectivity index (χ1v) is 10.3. The van der Waals surface area contributed by atoms with E-state index < -0.39 is 0 Å². The van der Waals surface area contributed by atoms with Crippen LogP contribution >= 0.6 is 12.4 Å². The number of amides is 1. The smallest absolute Gasteiger partial charge is 0.254 e. The number of nitrogens with one attached hydrogen (secondary N) is 2. The first-order chi connectivity index (χ1) is 12.7. The van der Waals surface area contributed by atoms with Crippen molar-refractivity contribution in [2.75, 3.05) is 19.6 Å². The molecule has 1 aromatic rings. The van der Waals surface area contributed by atoms with E-state index in [4.69, 9.17) is 4.98 Å². The van der Waals surface area contributed by atoms with Crippen LogP contribution in [-0.4, -0.2) is 46.5 Å². The van der Waals surface area contributed by atoms with E-state index in [1.165, 1.54) is 6.42 Å². The van der Waals surface area contributed by atoms with Crippen LogP contribution in [-0.2, 0) is 16.6 Å². The fourth-order valence-electron chi connectivity index (χ4n) is 5.14. The van der Waals surface area contributed by atoms with Gasteiger partial charge in [0.15, 0.2) is 0 Å². The van der Waals surface area contributed by atoms with Gasteiger partial charge in [-0.2, -0.15) is 0 Å². The molecule has 2 aliphatic carbocycles. The molecule has 1 atom stereocenters. The summed E-state index contributed by atoms with van der Waals surface area (Å²) in [5, 5.41) is 3.38. The number of aromatic nitrogens is 2. The average molecular weight is 393 g/mol. The number of fused-ring (bicyclic) bond motifs is 2. The van der Waals surface area contributed by atoms with Gasteiger partial charge < -0.3 is 15.2 Å². The number of hydrogen-bond donors (Lipinski definition) is 2. The molecule has 6 nitrogen and oxygen atoms in total. The molecule has 1 spiro atoms. The Hall–Kier alpha value is -1.40. The molecule has 148 valence electrons. The summed E-state index contributed by atoms with van der Waals surface area (Å²) < 4.78 is 0. The number of rotatable bonds is 2. The highest BCUT2D eigenvalue weighted by atomic mass is 35.5. The average Bonchev–Trinajstić information content (AvgIpc) is 3.47. The number of likely N-dealkylation sites (tertiary alicyclic amines) is 1. The molecule has 3 heterocycles. The zero-order valence-corrected chi connectivity index (χ0v) is 16.6. The lowest BCUT2D eigenvalue weighted by molar-refractivity contribution is -0.135. The Morgan fingerprint density at radius 2 is 1.89 bits per heavy atom. The lowest BCUT2D eigenvalue weighted by Gasteiger charge is -2.41. The van der Waals surface area contributed by atoms with Crippen LogP contribution in [0.2, 0.25) is 0 Å². The number of carbonyl (C=O) groups is 1. The van der Waals surface area contributed by atoms with Crippen molar-refractivity contribution in [2.24, 2.45) is 0 Å². The standard InChI is InChI=1S/C20H28N4O2.ClH/c25-18-14-6-7-20(16(14)22-17(23-18)13-4-5-13)8-11-24(12-9-20)19(26)15-3-1-2-10-21-15;/h13,15,21H,1-12H2,(H,22,23,25);1H. The van der Waals surface area contributed by atoms with E-state index in [-0.39, 0.29) is 35.3 Å². The number of nitrogens with zero attached hydrogens (tertiary/aromatic N) is 2. The molecule has 27 heavy (non-hydrogen) atoms. The van der Waals surface area contributed by atoms with Crippen LogP contribution in [0.4, 0.5) is 0 Å². The maximum Gasteiger partial charge on any atom is 0.254 e. The zero-order chi connectivity index (χ0) is 17.7. The molecule has 4 aliphatic rings. The van der Waals surface area contributed by atoms with E-state index in [9.17, 15) is 9.59 Å². The number of aromatic amines is 1. The topological polar surface area (TPSA) is 78.1 Å². The highest BCUT2D eigenvalue weighted by Crippen LogP contribution is 2.46. The molecule has 0 radical (unpaired) electrons. The molecular formula is C20H29ClN4O2. The van der Waals surface area contributed by atoms with E-state index in [2.05, 4.69) is 10.3 Å². The zero-order valence-electron chi connectivity index (χ0n) is 15.8. The summed E-state index contributed by atoms with van der Waals surface area (Å²) >= 11 is 0. The van der Waals surface area contributed by atoms with Crippen molar-refractivity contribution in [2.45, 2.75) is 75.2 Å².